The van der Waals surface area contributed by atoms with Crippen molar-refractivity contribution in [2.24, 2.45) is 10.1 Å². The molecule has 2 heterocycles. The van der Waals surface area contributed by atoms with Crippen LogP contribution < -0.4 is 4.74 Å². The van der Waals surface area contributed by atoms with Crippen LogP contribution in [-0.4, -0.2) is 41.0 Å². The summed E-state index contributed by atoms with van der Waals surface area (Å²) in [5.74, 6) is -0.435. The number of carbonyl (C=O) groups is 1. The molecule has 0 spiro atoms. The van der Waals surface area contributed by atoms with Crippen molar-refractivity contribution in [2.75, 3.05) is 6.26 Å². The van der Waals surface area contributed by atoms with Gasteiger partial charge in [-0.05, 0) is 48.0 Å². The van der Waals surface area contributed by atoms with Gasteiger partial charge in [-0.1, -0.05) is 47.5 Å². The number of nitrogens with one attached hydrogen (secondary N) is 1. The zero-order valence-electron chi connectivity index (χ0n) is 17.0. The Labute approximate surface area is 194 Å². The summed E-state index contributed by atoms with van der Waals surface area (Å²) in [5, 5.41) is 13.6. The first-order chi connectivity index (χ1) is 15.1. The van der Waals surface area contributed by atoms with Gasteiger partial charge in [-0.25, -0.2) is 8.42 Å². The Bertz CT molecular complexity index is 1350. The number of carbonyl (C=O) groups excluding carboxylic acids is 1. The molecule has 1 amide bonds. The standard InChI is InChI=1S/C21H17ClN4O4S2/c1-12-4-3-5-14(8-12)11-30-17-7-6-13(10-16(17)22)9-15-18(23)26-20(24-19(15)27)31-21(25-26)32(2,28)29/h3-10,23H,11H2,1-2H3/b15-9+,23-18?. The number of halogens is 1. The molecule has 1 N–H and O–H groups in total. The van der Waals surface area contributed by atoms with Gasteiger partial charge in [0, 0.05) is 6.26 Å². The molecular formula is C21H17ClN4O4S2. The monoisotopic (exact) mass is 488 g/mol. The molecule has 0 radical (unpaired) electrons. The van der Waals surface area contributed by atoms with Crippen LogP contribution in [-0.2, 0) is 21.2 Å². The summed E-state index contributed by atoms with van der Waals surface area (Å²) in [7, 11) is -3.58. The summed E-state index contributed by atoms with van der Waals surface area (Å²) >= 11 is 7.09. The maximum atomic E-state index is 12.5. The van der Waals surface area contributed by atoms with Crippen molar-refractivity contribution in [1.82, 2.24) is 5.01 Å². The van der Waals surface area contributed by atoms with Crippen molar-refractivity contribution in [1.29, 1.82) is 5.41 Å². The number of amidine groups is 2. The highest BCUT2D eigenvalue weighted by atomic mass is 35.5. The van der Waals surface area contributed by atoms with Gasteiger partial charge in [-0.2, -0.15) is 10.0 Å². The van der Waals surface area contributed by atoms with Crippen molar-refractivity contribution in [3.63, 3.8) is 0 Å². The predicted octanol–water partition coefficient (Wildman–Crippen LogP) is 3.85. The first-order valence-electron chi connectivity index (χ1n) is 9.30. The highest BCUT2D eigenvalue weighted by molar-refractivity contribution is 8.42. The second-order valence-corrected chi connectivity index (χ2v) is 10.7. The quantitative estimate of drug-likeness (QED) is 0.654. The molecule has 2 aliphatic rings. The number of hydrogen-bond donors (Lipinski definition) is 1. The Morgan fingerprint density at radius 1 is 1.25 bits per heavy atom. The second-order valence-electron chi connectivity index (χ2n) is 7.13. The van der Waals surface area contributed by atoms with Crippen LogP contribution in [0.4, 0.5) is 0 Å². The van der Waals surface area contributed by atoms with Gasteiger partial charge in [-0.3, -0.25) is 10.2 Å². The van der Waals surface area contributed by atoms with E-state index in [-0.39, 0.29) is 21.0 Å². The number of nitrogens with zero attached hydrogens (tertiary/aromatic N) is 3. The van der Waals surface area contributed by atoms with E-state index < -0.39 is 15.7 Å². The number of rotatable bonds is 4. The third kappa shape index (κ3) is 4.62. The molecule has 0 aliphatic carbocycles. The number of ether oxygens (including phenoxy) is 1. The lowest BCUT2D eigenvalue weighted by Gasteiger charge is -2.20. The number of hydrazone groups is 1. The third-order valence-electron chi connectivity index (χ3n) is 4.50. The van der Waals surface area contributed by atoms with Gasteiger partial charge in [-0.15, -0.1) is 5.10 Å². The minimum absolute atomic E-state index is 0.0302. The molecule has 11 heteroatoms. The van der Waals surface area contributed by atoms with Crippen molar-refractivity contribution >= 4 is 60.6 Å². The molecule has 2 aliphatic heterocycles. The number of fused-ring (bicyclic) bond motifs is 1. The Balaban J connectivity index is 1.55. The van der Waals surface area contributed by atoms with E-state index in [1.165, 1.54) is 6.08 Å². The van der Waals surface area contributed by atoms with Crippen LogP contribution in [0.15, 0.2) is 58.1 Å². The number of benzene rings is 2. The molecule has 2 aromatic carbocycles. The number of hydrogen-bond acceptors (Lipinski definition) is 7. The Kier molecular flexibility index (Phi) is 5.93. The third-order valence-corrected chi connectivity index (χ3v) is 7.37. The van der Waals surface area contributed by atoms with Gasteiger partial charge in [0.15, 0.2) is 5.84 Å². The normalized spacial score (nSPS) is 17.3. The van der Waals surface area contributed by atoms with E-state index in [2.05, 4.69) is 10.1 Å². The fraction of sp³-hybridized carbons (Fsp3) is 0.143. The molecule has 0 unspecified atom stereocenters. The summed E-state index contributed by atoms with van der Waals surface area (Å²) in [6.07, 6.45) is 2.46. The number of thioether (sulfide) groups is 1. The molecule has 32 heavy (non-hydrogen) atoms. The Morgan fingerprint density at radius 3 is 2.72 bits per heavy atom. The molecule has 164 valence electrons. The first-order valence-corrected chi connectivity index (χ1v) is 12.4. The van der Waals surface area contributed by atoms with E-state index >= 15 is 0 Å². The first kappa shape index (κ1) is 22.3. The minimum atomic E-state index is -3.58. The SMILES string of the molecule is Cc1cccc(COc2ccc(/C=C3\C(=N)N4N=C(S(C)(=O)=O)SC4=NC3=O)cc2Cl)c1. The number of aliphatic imine (C=N–C) groups is 1. The summed E-state index contributed by atoms with van der Waals surface area (Å²) < 4.78 is 29.1. The fourth-order valence-corrected chi connectivity index (χ4v) is 4.91. The molecular weight excluding hydrogens is 472 g/mol. The molecule has 4 rings (SSSR count). The summed E-state index contributed by atoms with van der Waals surface area (Å²) in [6, 6.07) is 12.9. The zero-order chi connectivity index (χ0) is 23.0. The molecule has 8 nitrogen and oxygen atoms in total. The van der Waals surface area contributed by atoms with E-state index in [1.807, 2.05) is 31.2 Å². The van der Waals surface area contributed by atoms with Crippen molar-refractivity contribution in [3.8, 4) is 5.75 Å². The highest BCUT2D eigenvalue weighted by Gasteiger charge is 2.38. The lowest BCUT2D eigenvalue weighted by Crippen LogP contribution is -2.35. The van der Waals surface area contributed by atoms with Crippen LogP contribution in [0.1, 0.15) is 16.7 Å². The number of amides is 1. The van der Waals surface area contributed by atoms with Crippen molar-refractivity contribution < 1.29 is 17.9 Å². The summed E-state index contributed by atoms with van der Waals surface area (Å²) in [4.78, 5) is 16.3. The Hall–Kier alpha value is -2.95. The number of sulfone groups is 1. The lowest BCUT2D eigenvalue weighted by molar-refractivity contribution is -0.114. The van der Waals surface area contributed by atoms with E-state index in [0.717, 1.165) is 34.2 Å². The van der Waals surface area contributed by atoms with Crippen LogP contribution in [0, 0.1) is 12.3 Å². The van der Waals surface area contributed by atoms with Crippen LogP contribution >= 0.6 is 23.4 Å². The molecule has 0 fully saturated rings. The second kappa shape index (κ2) is 8.53. The van der Waals surface area contributed by atoms with Crippen molar-refractivity contribution in [3.05, 3.63) is 69.8 Å². The molecule has 0 saturated heterocycles. The van der Waals surface area contributed by atoms with Gasteiger partial charge < -0.3 is 4.74 Å². The molecule has 0 atom stereocenters. The summed E-state index contributed by atoms with van der Waals surface area (Å²) in [6.45, 7) is 2.36. The van der Waals surface area contributed by atoms with E-state index in [9.17, 15) is 13.2 Å². The van der Waals surface area contributed by atoms with Crippen LogP contribution in [0.5, 0.6) is 5.75 Å². The maximum absolute atomic E-state index is 12.5. The van der Waals surface area contributed by atoms with Gasteiger partial charge in [0.25, 0.3) is 5.91 Å². The topological polar surface area (TPSA) is 112 Å². The van der Waals surface area contributed by atoms with E-state index in [1.54, 1.807) is 18.2 Å². The van der Waals surface area contributed by atoms with Gasteiger partial charge in [0.2, 0.25) is 19.4 Å². The van der Waals surface area contributed by atoms with Gasteiger partial charge in [0.1, 0.15) is 12.4 Å². The summed E-state index contributed by atoms with van der Waals surface area (Å²) in [5.41, 5.74) is 2.68. The molecule has 0 saturated carbocycles. The molecule has 0 aromatic heterocycles. The molecule has 2 aromatic rings. The molecule has 0 bridgehead atoms. The largest absolute Gasteiger partial charge is 0.487 e. The average Bonchev–Trinajstić information content (AvgIpc) is 3.15. The minimum Gasteiger partial charge on any atom is -0.487 e. The predicted molar refractivity (Wildman–Crippen MR) is 127 cm³/mol. The smallest absolute Gasteiger partial charge is 0.283 e. The van der Waals surface area contributed by atoms with Crippen molar-refractivity contribution in [2.45, 2.75) is 13.5 Å². The van der Waals surface area contributed by atoms with E-state index in [0.29, 0.717) is 22.9 Å². The van der Waals surface area contributed by atoms with Crippen LogP contribution in [0.3, 0.4) is 0 Å². The van der Waals surface area contributed by atoms with Crippen LogP contribution in [0.2, 0.25) is 5.02 Å². The highest BCUT2D eigenvalue weighted by Crippen LogP contribution is 2.31. The van der Waals surface area contributed by atoms with Gasteiger partial charge in [0.05, 0.1) is 10.6 Å². The number of aryl methyl sites for hydroxylation is 1. The van der Waals surface area contributed by atoms with Crippen LogP contribution in [0.25, 0.3) is 6.08 Å². The Morgan fingerprint density at radius 2 is 2.03 bits per heavy atom. The lowest BCUT2D eigenvalue weighted by atomic mass is 10.1. The average molecular weight is 489 g/mol. The maximum Gasteiger partial charge on any atom is 0.283 e. The fourth-order valence-electron chi connectivity index (χ4n) is 2.98. The van der Waals surface area contributed by atoms with Gasteiger partial charge >= 0.3 is 0 Å². The van der Waals surface area contributed by atoms with E-state index in [4.69, 9.17) is 21.7 Å². The zero-order valence-corrected chi connectivity index (χ0v) is 19.4.